The highest BCUT2D eigenvalue weighted by atomic mass is 35.5. The fraction of sp³-hybridized carbons (Fsp3) is 0.294. The van der Waals surface area contributed by atoms with Crippen molar-refractivity contribution < 1.29 is 18.4 Å². The number of carbonyl (C=O) groups is 2. The minimum Gasteiger partial charge on any atom is -0.345 e. The van der Waals surface area contributed by atoms with Crippen LogP contribution in [0.1, 0.15) is 35.2 Å². The molecule has 148 valence electrons. The van der Waals surface area contributed by atoms with E-state index in [2.05, 4.69) is 15.3 Å². The van der Waals surface area contributed by atoms with E-state index in [-0.39, 0.29) is 11.5 Å². The fourth-order valence-corrected chi connectivity index (χ4v) is 3.32. The Morgan fingerprint density at radius 3 is 2.36 bits per heavy atom. The van der Waals surface area contributed by atoms with Gasteiger partial charge < -0.3 is 5.32 Å². The highest BCUT2D eigenvalue weighted by molar-refractivity contribution is 6.42. The van der Waals surface area contributed by atoms with Crippen LogP contribution in [-0.4, -0.2) is 28.2 Å². The minimum atomic E-state index is -3.24. The summed E-state index contributed by atoms with van der Waals surface area (Å²) in [6, 6.07) is 5.40. The Bertz CT molecular complexity index is 892. The molecule has 1 heterocycles. The number of carbonyl (C=O) groups excluding carboxylic acids is 2. The second-order valence-electron chi connectivity index (χ2n) is 6.20. The maximum atomic E-state index is 12.1. The number of hydrogen-bond acceptors (Lipinski definition) is 5. The highest BCUT2D eigenvalue weighted by Gasteiger charge is 2.41. The van der Waals surface area contributed by atoms with Gasteiger partial charge in [0.1, 0.15) is 0 Å². The lowest BCUT2D eigenvalue weighted by Gasteiger charge is -2.43. The monoisotopic (exact) mass is 429 g/mol. The maximum Gasteiger partial charge on any atom is 0.317 e. The zero-order valence-corrected chi connectivity index (χ0v) is 15.8. The number of hydrogen-bond donors (Lipinski definition) is 3. The summed E-state index contributed by atoms with van der Waals surface area (Å²) < 4.78 is 24.2. The molecule has 28 heavy (non-hydrogen) atoms. The molecule has 2 amide bonds. The molecule has 0 radical (unpaired) electrons. The Labute approximate surface area is 168 Å². The summed E-state index contributed by atoms with van der Waals surface area (Å²) in [5, 5.41) is 4.15. The van der Waals surface area contributed by atoms with Crippen LogP contribution < -0.4 is 16.2 Å². The van der Waals surface area contributed by atoms with Crippen LogP contribution in [0, 0.1) is 0 Å². The smallest absolute Gasteiger partial charge is 0.317 e. The summed E-state index contributed by atoms with van der Waals surface area (Å²) in [7, 11) is 0. The zero-order chi connectivity index (χ0) is 20.3. The predicted molar refractivity (Wildman–Crippen MR) is 99.3 cm³/mol. The van der Waals surface area contributed by atoms with Gasteiger partial charge in [-0.15, -0.1) is 0 Å². The second kappa shape index (κ2) is 8.24. The number of nitrogens with one attached hydrogen (secondary N) is 3. The van der Waals surface area contributed by atoms with E-state index in [1.54, 1.807) is 11.5 Å². The molecule has 0 saturated heterocycles. The molecule has 0 aliphatic heterocycles. The number of nitrogens with zero attached hydrogens (tertiary/aromatic N) is 2. The van der Waals surface area contributed by atoms with E-state index in [1.807, 2.05) is 17.6 Å². The largest absolute Gasteiger partial charge is 0.345 e. The lowest BCUT2D eigenvalue weighted by Crippen LogP contribution is -2.44. The third-order valence-corrected chi connectivity index (χ3v) is 5.26. The van der Waals surface area contributed by atoms with Crippen LogP contribution in [0.25, 0.3) is 0 Å². The molecule has 3 N–H and O–H groups in total. The van der Waals surface area contributed by atoms with Gasteiger partial charge in [0.2, 0.25) is 5.95 Å². The number of alkyl halides is 2. The average Bonchev–Trinajstić information content (AvgIpc) is 2.65. The van der Waals surface area contributed by atoms with E-state index >= 15 is 0 Å². The first kappa shape index (κ1) is 20.2. The molecule has 3 rings (SSSR count). The molecule has 0 bridgehead atoms. The summed E-state index contributed by atoms with van der Waals surface area (Å²) in [5.74, 6) is -2.17. The van der Waals surface area contributed by atoms with Crippen molar-refractivity contribution >= 4 is 41.0 Å². The van der Waals surface area contributed by atoms with Gasteiger partial charge in [-0.05, 0) is 30.9 Å². The molecule has 0 spiro atoms. The number of rotatable bonds is 5. The molecular formula is C17H15Cl2F2N5O2. The molecule has 1 saturated carbocycles. The summed E-state index contributed by atoms with van der Waals surface area (Å²) in [6.45, 7) is 0. The van der Waals surface area contributed by atoms with Gasteiger partial charge in [0.15, 0.2) is 0 Å². The second-order valence-corrected chi connectivity index (χ2v) is 6.99. The molecule has 1 aliphatic carbocycles. The molecule has 1 aromatic heterocycles. The van der Waals surface area contributed by atoms with E-state index in [0.717, 1.165) is 24.8 Å². The number of anilines is 1. The number of amides is 2. The van der Waals surface area contributed by atoms with E-state index in [9.17, 15) is 18.4 Å². The van der Waals surface area contributed by atoms with Gasteiger partial charge in [-0.3, -0.25) is 20.4 Å². The van der Waals surface area contributed by atoms with Crippen LogP contribution in [-0.2, 0) is 10.3 Å². The van der Waals surface area contributed by atoms with E-state index in [4.69, 9.17) is 23.2 Å². The Balaban J connectivity index is 1.70. The maximum absolute atomic E-state index is 12.1. The molecule has 11 heteroatoms. The van der Waals surface area contributed by atoms with Gasteiger partial charge in [-0.2, -0.15) is 8.78 Å². The Hall–Kier alpha value is -2.52. The summed E-state index contributed by atoms with van der Waals surface area (Å²) >= 11 is 12.5. The summed E-state index contributed by atoms with van der Waals surface area (Å²) in [4.78, 5) is 30.8. The third-order valence-electron chi connectivity index (χ3n) is 4.44. The van der Waals surface area contributed by atoms with Crippen LogP contribution in [0.2, 0.25) is 10.0 Å². The van der Waals surface area contributed by atoms with Crippen LogP contribution in [0.4, 0.5) is 14.7 Å². The normalized spacial score (nSPS) is 14.9. The highest BCUT2D eigenvalue weighted by Crippen LogP contribution is 2.47. The van der Waals surface area contributed by atoms with Crippen LogP contribution >= 0.6 is 23.2 Å². The molecule has 1 fully saturated rings. The van der Waals surface area contributed by atoms with Gasteiger partial charge in [0.05, 0.1) is 21.1 Å². The first-order valence-corrected chi connectivity index (χ1v) is 9.01. The van der Waals surface area contributed by atoms with Crippen molar-refractivity contribution in [3.8, 4) is 0 Å². The molecular weight excluding hydrogens is 415 g/mol. The van der Waals surface area contributed by atoms with E-state index < -0.39 is 23.8 Å². The van der Waals surface area contributed by atoms with Gasteiger partial charge in [0.25, 0.3) is 5.91 Å². The van der Waals surface area contributed by atoms with E-state index in [1.165, 1.54) is 12.4 Å². The van der Waals surface area contributed by atoms with Crippen LogP contribution in [0.15, 0.2) is 30.6 Å². The van der Waals surface area contributed by atoms with Crippen LogP contribution in [0.3, 0.4) is 0 Å². The van der Waals surface area contributed by atoms with E-state index in [0.29, 0.717) is 10.0 Å². The standard InChI is InChI=1S/C17H15Cl2F2N5O2/c18-11-4-1-3-10(12(11)19)17(5-2-6-17)24-16-22-7-9(8-23-16)14(27)25-26-15(28)13(20)21/h1,3-4,7-8,13H,2,5-6H2,(H,25,27)(H,26,28)(H,22,23,24). The topological polar surface area (TPSA) is 96.0 Å². The minimum absolute atomic E-state index is 0.0106. The Kier molecular flexibility index (Phi) is 5.95. The quantitative estimate of drug-likeness (QED) is 0.633. The number of halogens is 4. The SMILES string of the molecule is O=C(NNC(=O)C(F)F)c1cnc(NC2(c3cccc(Cl)c3Cl)CCC2)nc1. The predicted octanol–water partition coefficient (Wildman–Crippen LogP) is 3.30. The Morgan fingerprint density at radius 2 is 1.79 bits per heavy atom. The van der Waals surface area contributed by atoms with Gasteiger partial charge in [-0.1, -0.05) is 35.3 Å². The Morgan fingerprint density at radius 1 is 1.11 bits per heavy atom. The summed E-state index contributed by atoms with van der Waals surface area (Å²) in [6.07, 6.45) is 1.78. The van der Waals surface area contributed by atoms with Gasteiger partial charge in [-0.25, -0.2) is 9.97 Å². The van der Waals surface area contributed by atoms with Crippen molar-refractivity contribution in [3.05, 3.63) is 51.8 Å². The lowest BCUT2D eigenvalue weighted by atomic mass is 9.72. The van der Waals surface area contributed by atoms with Crippen LogP contribution in [0.5, 0.6) is 0 Å². The molecule has 7 nitrogen and oxygen atoms in total. The van der Waals surface area contributed by atoms with Crippen molar-refractivity contribution in [2.45, 2.75) is 31.2 Å². The third kappa shape index (κ3) is 4.15. The summed E-state index contributed by atoms with van der Waals surface area (Å²) in [5.41, 5.74) is 3.83. The number of aromatic nitrogens is 2. The first-order chi connectivity index (χ1) is 13.3. The average molecular weight is 430 g/mol. The zero-order valence-electron chi connectivity index (χ0n) is 14.3. The lowest BCUT2D eigenvalue weighted by molar-refractivity contribution is -0.132. The van der Waals surface area contributed by atoms with Crippen molar-refractivity contribution in [1.29, 1.82) is 0 Å². The van der Waals surface area contributed by atoms with Crippen molar-refractivity contribution in [2.75, 3.05) is 5.32 Å². The van der Waals surface area contributed by atoms with Crippen molar-refractivity contribution in [3.63, 3.8) is 0 Å². The molecule has 0 unspecified atom stereocenters. The molecule has 0 atom stereocenters. The van der Waals surface area contributed by atoms with Crippen molar-refractivity contribution in [2.24, 2.45) is 0 Å². The first-order valence-electron chi connectivity index (χ1n) is 8.25. The number of hydrazine groups is 1. The fourth-order valence-electron chi connectivity index (χ4n) is 2.83. The van der Waals surface area contributed by atoms with Gasteiger partial charge >= 0.3 is 12.3 Å². The number of benzene rings is 1. The van der Waals surface area contributed by atoms with Gasteiger partial charge in [0, 0.05) is 12.4 Å². The van der Waals surface area contributed by atoms with Crippen molar-refractivity contribution in [1.82, 2.24) is 20.8 Å². The molecule has 1 aliphatic rings. The molecule has 1 aromatic carbocycles. The molecule has 2 aromatic rings.